The minimum absolute atomic E-state index is 0.543. The summed E-state index contributed by atoms with van der Waals surface area (Å²) in [5.74, 6) is 2.37. The van der Waals surface area contributed by atoms with E-state index in [1.54, 1.807) is 7.11 Å². The Kier molecular flexibility index (Phi) is 4.83. The monoisotopic (exact) mass is 262 g/mol. The van der Waals surface area contributed by atoms with Gasteiger partial charge in [0.05, 0.1) is 7.11 Å². The predicted molar refractivity (Wildman–Crippen MR) is 79.8 cm³/mol. The van der Waals surface area contributed by atoms with Crippen LogP contribution < -0.4 is 10.1 Å². The van der Waals surface area contributed by atoms with Gasteiger partial charge in [-0.25, -0.2) is 0 Å². The highest BCUT2D eigenvalue weighted by Crippen LogP contribution is 2.25. The zero-order valence-corrected chi connectivity index (χ0v) is 12.6. The second kappa shape index (κ2) is 6.40. The summed E-state index contributed by atoms with van der Waals surface area (Å²) in [5, 5.41) is 3.32. The van der Waals surface area contributed by atoms with Crippen LogP contribution in [0.2, 0.25) is 0 Å². The molecule has 0 spiro atoms. The van der Waals surface area contributed by atoms with Crippen molar-refractivity contribution >= 4 is 0 Å². The van der Waals surface area contributed by atoms with Gasteiger partial charge < -0.3 is 15.0 Å². The van der Waals surface area contributed by atoms with Gasteiger partial charge in [-0.2, -0.15) is 0 Å². The lowest BCUT2D eigenvalue weighted by Crippen LogP contribution is -2.47. The second-order valence-electron chi connectivity index (χ2n) is 5.95. The van der Waals surface area contributed by atoms with Crippen LogP contribution in [0, 0.1) is 5.92 Å². The number of methoxy groups -OCH3 is 1. The molecular formula is C16H26N2O. The number of hydrogen-bond acceptors (Lipinski definition) is 3. The van der Waals surface area contributed by atoms with Gasteiger partial charge in [0.15, 0.2) is 0 Å². The highest BCUT2D eigenvalue weighted by Gasteiger charge is 2.19. The minimum Gasteiger partial charge on any atom is -0.496 e. The van der Waals surface area contributed by atoms with Crippen molar-refractivity contribution in [2.24, 2.45) is 5.92 Å². The van der Waals surface area contributed by atoms with Crippen molar-refractivity contribution in [3.63, 3.8) is 0 Å². The first-order valence-electron chi connectivity index (χ1n) is 7.16. The summed E-state index contributed by atoms with van der Waals surface area (Å²) in [4.78, 5) is 2.39. The molecule has 2 rings (SSSR count). The minimum atomic E-state index is 0.543. The Morgan fingerprint density at radius 3 is 2.63 bits per heavy atom. The molecule has 1 aliphatic heterocycles. The van der Waals surface area contributed by atoms with E-state index in [2.05, 4.69) is 49.3 Å². The molecule has 0 aromatic heterocycles. The molecule has 0 atom stereocenters. The fourth-order valence-corrected chi connectivity index (χ4v) is 2.52. The summed E-state index contributed by atoms with van der Waals surface area (Å²) in [5.41, 5.74) is 2.62. The summed E-state index contributed by atoms with van der Waals surface area (Å²) in [6, 6.07) is 6.61. The van der Waals surface area contributed by atoms with Crippen LogP contribution in [0.1, 0.15) is 30.9 Å². The molecule has 1 saturated heterocycles. The van der Waals surface area contributed by atoms with Crippen LogP contribution in [0.3, 0.4) is 0 Å². The highest BCUT2D eigenvalue weighted by molar-refractivity contribution is 5.38. The van der Waals surface area contributed by atoms with Gasteiger partial charge in [0, 0.05) is 31.7 Å². The van der Waals surface area contributed by atoms with E-state index in [4.69, 9.17) is 4.74 Å². The lowest BCUT2D eigenvalue weighted by atomic mass is 10.00. The summed E-state index contributed by atoms with van der Waals surface area (Å²) >= 11 is 0. The van der Waals surface area contributed by atoms with E-state index in [1.165, 1.54) is 11.1 Å². The fraction of sp³-hybridized carbons (Fsp3) is 0.625. The highest BCUT2D eigenvalue weighted by atomic mass is 16.5. The average Bonchev–Trinajstić information content (AvgIpc) is 2.34. The van der Waals surface area contributed by atoms with E-state index in [-0.39, 0.29) is 0 Å². The smallest absolute Gasteiger partial charge is 0.123 e. The number of benzene rings is 1. The third kappa shape index (κ3) is 3.71. The molecule has 1 heterocycles. The predicted octanol–water partition coefficient (Wildman–Crippen LogP) is 2.47. The maximum Gasteiger partial charge on any atom is 0.123 e. The maximum absolute atomic E-state index is 5.54. The molecule has 19 heavy (non-hydrogen) atoms. The molecule has 0 radical (unpaired) electrons. The molecule has 0 amide bonds. The summed E-state index contributed by atoms with van der Waals surface area (Å²) in [7, 11) is 3.95. The van der Waals surface area contributed by atoms with E-state index < -0.39 is 0 Å². The van der Waals surface area contributed by atoms with E-state index in [0.29, 0.717) is 5.92 Å². The van der Waals surface area contributed by atoms with Crippen LogP contribution in [0.4, 0.5) is 0 Å². The number of nitrogens with zero attached hydrogens (tertiary/aromatic N) is 1. The van der Waals surface area contributed by atoms with Crippen molar-refractivity contribution in [2.75, 3.05) is 33.8 Å². The Labute approximate surface area is 116 Å². The van der Waals surface area contributed by atoms with Gasteiger partial charge in [-0.3, -0.25) is 0 Å². The van der Waals surface area contributed by atoms with Gasteiger partial charge >= 0.3 is 0 Å². The van der Waals surface area contributed by atoms with Gasteiger partial charge in [-0.15, -0.1) is 0 Å². The van der Waals surface area contributed by atoms with Gasteiger partial charge in [-0.05, 0) is 30.5 Å². The second-order valence-corrected chi connectivity index (χ2v) is 5.95. The summed E-state index contributed by atoms with van der Waals surface area (Å²) < 4.78 is 5.54. The lowest BCUT2D eigenvalue weighted by molar-refractivity contribution is 0.217. The molecule has 0 aliphatic carbocycles. The first-order valence-corrected chi connectivity index (χ1v) is 7.16. The van der Waals surface area contributed by atoms with Crippen molar-refractivity contribution in [1.29, 1.82) is 0 Å². The molecule has 1 aliphatic rings. The van der Waals surface area contributed by atoms with Gasteiger partial charge in [0.2, 0.25) is 0 Å². The molecule has 106 valence electrons. The molecule has 3 heteroatoms. The molecular weight excluding hydrogens is 236 g/mol. The van der Waals surface area contributed by atoms with Gasteiger partial charge in [-0.1, -0.05) is 26.0 Å². The van der Waals surface area contributed by atoms with Crippen LogP contribution in [-0.4, -0.2) is 38.7 Å². The Balaban J connectivity index is 2.01. The summed E-state index contributed by atoms with van der Waals surface area (Å²) in [6.45, 7) is 8.86. The first kappa shape index (κ1) is 14.4. The maximum atomic E-state index is 5.54. The Hall–Kier alpha value is -1.06. The number of rotatable bonds is 6. The standard InChI is InChI=1S/C16H26N2O/c1-12(2)14-5-6-15(16(7-14)19-4)11-18(3)10-13-8-17-9-13/h5-7,12-13,17H,8-11H2,1-4H3. The molecule has 0 bridgehead atoms. The zero-order valence-electron chi connectivity index (χ0n) is 12.6. The van der Waals surface area contributed by atoms with Crippen molar-refractivity contribution in [1.82, 2.24) is 10.2 Å². The van der Waals surface area contributed by atoms with Crippen LogP contribution in [-0.2, 0) is 6.54 Å². The van der Waals surface area contributed by atoms with E-state index in [9.17, 15) is 0 Å². The first-order chi connectivity index (χ1) is 9.10. The fourth-order valence-electron chi connectivity index (χ4n) is 2.52. The molecule has 0 unspecified atom stereocenters. The lowest BCUT2D eigenvalue weighted by Gasteiger charge is -2.31. The van der Waals surface area contributed by atoms with E-state index >= 15 is 0 Å². The Morgan fingerprint density at radius 2 is 2.11 bits per heavy atom. The molecule has 1 aromatic rings. The van der Waals surface area contributed by atoms with Crippen molar-refractivity contribution < 1.29 is 4.74 Å². The van der Waals surface area contributed by atoms with Crippen molar-refractivity contribution in [3.8, 4) is 5.75 Å². The zero-order chi connectivity index (χ0) is 13.8. The molecule has 1 fully saturated rings. The largest absolute Gasteiger partial charge is 0.496 e. The Morgan fingerprint density at radius 1 is 1.37 bits per heavy atom. The molecule has 1 aromatic carbocycles. The topological polar surface area (TPSA) is 24.5 Å². The molecule has 0 saturated carbocycles. The van der Waals surface area contributed by atoms with Gasteiger partial charge in [0.1, 0.15) is 5.75 Å². The SMILES string of the molecule is COc1cc(C(C)C)ccc1CN(C)CC1CNC1. The van der Waals surface area contributed by atoms with E-state index in [0.717, 1.165) is 37.8 Å². The molecule has 3 nitrogen and oxygen atoms in total. The molecule has 1 N–H and O–H groups in total. The van der Waals surface area contributed by atoms with Crippen LogP contribution in [0.15, 0.2) is 18.2 Å². The summed E-state index contributed by atoms with van der Waals surface area (Å²) in [6.07, 6.45) is 0. The quantitative estimate of drug-likeness (QED) is 0.852. The average molecular weight is 262 g/mol. The third-order valence-corrected chi connectivity index (χ3v) is 3.85. The van der Waals surface area contributed by atoms with Crippen LogP contribution in [0.25, 0.3) is 0 Å². The van der Waals surface area contributed by atoms with Crippen LogP contribution in [0.5, 0.6) is 5.75 Å². The number of hydrogen-bond donors (Lipinski definition) is 1. The van der Waals surface area contributed by atoms with Crippen LogP contribution >= 0.6 is 0 Å². The number of nitrogens with one attached hydrogen (secondary N) is 1. The Bertz CT molecular complexity index is 413. The normalized spacial score (nSPS) is 15.9. The van der Waals surface area contributed by atoms with Crippen molar-refractivity contribution in [3.05, 3.63) is 29.3 Å². The third-order valence-electron chi connectivity index (χ3n) is 3.85. The van der Waals surface area contributed by atoms with Crippen molar-refractivity contribution in [2.45, 2.75) is 26.3 Å². The van der Waals surface area contributed by atoms with E-state index in [1.807, 2.05) is 0 Å². The number of ether oxygens (including phenoxy) is 1. The van der Waals surface area contributed by atoms with Gasteiger partial charge in [0.25, 0.3) is 0 Å².